The average Bonchev–Trinajstić information content (AvgIpc) is 2.45. The monoisotopic (exact) mass is 313 g/mol. The van der Waals surface area contributed by atoms with Gasteiger partial charge in [0.15, 0.2) is 0 Å². The summed E-state index contributed by atoms with van der Waals surface area (Å²) in [7, 11) is -3.87. The summed E-state index contributed by atoms with van der Waals surface area (Å²) in [4.78, 5) is 11.1. The Morgan fingerprint density at radius 2 is 2.10 bits per heavy atom. The molecule has 1 aromatic carbocycles. The molecule has 1 amide bonds. The van der Waals surface area contributed by atoms with Crippen LogP contribution in [0.3, 0.4) is 0 Å². The minimum absolute atomic E-state index is 0.00549. The summed E-state index contributed by atoms with van der Waals surface area (Å²) >= 11 is 0. The molecule has 2 N–H and O–H groups in total. The molecule has 0 bridgehead atoms. The molecule has 0 radical (unpaired) electrons. The lowest BCUT2D eigenvalue weighted by molar-refractivity contribution is -0.120. The minimum atomic E-state index is -3.87. The van der Waals surface area contributed by atoms with Crippen molar-refractivity contribution in [2.24, 2.45) is 0 Å². The highest BCUT2D eigenvalue weighted by Crippen LogP contribution is 2.14. The first-order valence-electron chi connectivity index (χ1n) is 6.36. The van der Waals surface area contributed by atoms with Crippen molar-refractivity contribution in [1.29, 1.82) is 5.26 Å². The van der Waals surface area contributed by atoms with Crippen LogP contribution in [-0.2, 0) is 14.8 Å². The molecule has 21 heavy (non-hydrogen) atoms. The van der Waals surface area contributed by atoms with Crippen LogP contribution in [0.4, 0.5) is 4.39 Å². The number of nitrogens with one attached hydrogen (secondary N) is 2. The Morgan fingerprint density at radius 3 is 2.71 bits per heavy atom. The van der Waals surface area contributed by atoms with Gasteiger partial charge in [0.05, 0.1) is 10.5 Å². The smallest absolute Gasteiger partial charge is 0.240 e. The van der Waals surface area contributed by atoms with Gasteiger partial charge in [0.2, 0.25) is 15.9 Å². The number of carbonyl (C=O) groups is 1. The summed E-state index contributed by atoms with van der Waals surface area (Å²) in [6, 6.07) is 4.51. The van der Waals surface area contributed by atoms with Gasteiger partial charge < -0.3 is 5.32 Å². The molecule has 0 unspecified atom stereocenters. The van der Waals surface area contributed by atoms with Crippen LogP contribution in [0.5, 0.6) is 0 Å². The second-order valence-corrected chi connectivity index (χ2v) is 6.02. The Hall–Kier alpha value is -1.98. The molecule has 114 valence electrons. The van der Waals surface area contributed by atoms with Gasteiger partial charge in [-0.2, -0.15) is 5.26 Å². The first kappa shape index (κ1) is 17.1. The van der Waals surface area contributed by atoms with E-state index < -0.39 is 15.8 Å². The Balaban J connectivity index is 2.66. The number of halogens is 1. The molecular weight excluding hydrogens is 297 g/mol. The summed E-state index contributed by atoms with van der Waals surface area (Å²) in [5, 5.41) is 11.3. The van der Waals surface area contributed by atoms with Gasteiger partial charge in [0.1, 0.15) is 11.9 Å². The van der Waals surface area contributed by atoms with Crippen molar-refractivity contribution in [2.75, 3.05) is 13.1 Å². The molecule has 1 rings (SSSR count). The van der Waals surface area contributed by atoms with E-state index in [1.807, 2.05) is 6.92 Å². The van der Waals surface area contributed by atoms with E-state index in [1.54, 1.807) is 6.07 Å². The molecule has 0 heterocycles. The van der Waals surface area contributed by atoms with E-state index >= 15 is 0 Å². The molecule has 0 aliphatic carbocycles. The molecule has 1 aromatic rings. The van der Waals surface area contributed by atoms with Crippen molar-refractivity contribution in [1.82, 2.24) is 10.0 Å². The molecule has 0 aliphatic heterocycles. The number of benzene rings is 1. The summed E-state index contributed by atoms with van der Waals surface area (Å²) in [6.07, 6.45) is 0.801. The van der Waals surface area contributed by atoms with Gasteiger partial charge in [-0.1, -0.05) is 6.92 Å². The van der Waals surface area contributed by atoms with E-state index in [2.05, 4.69) is 10.0 Å². The van der Waals surface area contributed by atoms with Crippen molar-refractivity contribution in [3.63, 3.8) is 0 Å². The predicted octanol–water partition coefficient (Wildman–Crippen LogP) is 0.892. The van der Waals surface area contributed by atoms with Gasteiger partial charge in [-0.05, 0) is 24.6 Å². The molecule has 0 saturated heterocycles. The van der Waals surface area contributed by atoms with Gasteiger partial charge >= 0.3 is 0 Å². The van der Waals surface area contributed by atoms with E-state index in [9.17, 15) is 17.6 Å². The number of hydrogen-bond acceptors (Lipinski definition) is 4. The Bertz CT molecular complexity index is 653. The second-order valence-electron chi connectivity index (χ2n) is 4.25. The van der Waals surface area contributed by atoms with Crippen LogP contribution in [0, 0.1) is 17.1 Å². The third-order valence-electron chi connectivity index (χ3n) is 2.58. The first-order chi connectivity index (χ1) is 9.90. The van der Waals surface area contributed by atoms with Crippen LogP contribution >= 0.6 is 0 Å². The Labute approximate surface area is 123 Å². The maximum atomic E-state index is 13.1. The summed E-state index contributed by atoms with van der Waals surface area (Å²) in [6.45, 7) is 2.37. The van der Waals surface area contributed by atoms with Crippen molar-refractivity contribution < 1.29 is 17.6 Å². The standard InChI is InChI=1S/C13H16FN3O3S/c1-2-6-16-13(18)5-7-17-21(19,20)11-3-4-12(14)10(8-11)9-15/h3-4,8,17H,2,5-7H2,1H3,(H,16,18). The number of rotatable bonds is 7. The lowest BCUT2D eigenvalue weighted by Gasteiger charge is -2.07. The maximum Gasteiger partial charge on any atom is 0.240 e. The first-order valence-corrected chi connectivity index (χ1v) is 7.85. The number of carbonyl (C=O) groups excluding carboxylic acids is 1. The van der Waals surface area contributed by atoms with E-state index in [1.165, 1.54) is 0 Å². The van der Waals surface area contributed by atoms with Crippen LogP contribution < -0.4 is 10.0 Å². The van der Waals surface area contributed by atoms with Crippen LogP contribution in [0.2, 0.25) is 0 Å². The number of nitrogens with zero attached hydrogens (tertiary/aromatic N) is 1. The molecule has 6 nitrogen and oxygen atoms in total. The summed E-state index contributed by atoms with van der Waals surface area (Å²) in [5.41, 5.74) is -0.349. The maximum absolute atomic E-state index is 13.1. The van der Waals surface area contributed by atoms with E-state index in [4.69, 9.17) is 5.26 Å². The van der Waals surface area contributed by atoms with Gasteiger partial charge in [-0.15, -0.1) is 0 Å². The van der Waals surface area contributed by atoms with Crippen molar-refractivity contribution in [2.45, 2.75) is 24.7 Å². The van der Waals surface area contributed by atoms with Crippen molar-refractivity contribution in [3.8, 4) is 6.07 Å². The van der Waals surface area contributed by atoms with E-state index in [0.29, 0.717) is 6.54 Å². The van der Waals surface area contributed by atoms with Gasteiger partial charge in [-0.3, -0.25) is 4.79 Å². The number of hydrogen-bond donors (Lipinski definition) is 2. The molecular formula is C13H16FN3O3S. The lowest BCUT2D eigenvalue weighted by Crippen LogP contribution is -2.31. The summed E-state index contributed by atoms with van der Waals surface area (Å²) < 4.78 is 39.2. The fourth-order valence-corrected chi connectivity index (χ4v) is 2.55. The molecule has 0 saturated carbocycles. The quantitative estimate of drug-likeness (QED) is 0.781. The Morgan fingerprint density at radius 1 is 1.38 bits per heavy atom. The third-order valence-corrected chi connectivity index (χ3v) is 4.04. The number of sulfonamides is 1. The third kappa shape index (κ3) is 5.13. The van der Waals surface area contributed by atoms with Crippen LogP contribution in [0.1, 0.15) is 25.3 Å². The van der Waals surface area contributed by atoms with E-state index in [0.717, 1.165) is 24.6 Å². The highest BCUT2D eigenvalue weighted by molar-refractivity contribution is 7.89. The van der Waals surface area contributed by atoms with Crippen LogP contribution in [0.25, 0.3) is 0 Å². The fraction of sp³-hybridized carbons (Fsp3) is 0.385. The minimum Gasteiger partial charge on any atom is -0.356 e. The zero-order valence-corrected chi connectivity index (χ0v) is 12.3. The Kier molecular flexibility index (Phi) is 6.27. The number of nitriles is 1. The zero-order valence-electron chi connectivity index (χ0n) is 11.5. The normalized spacial score (nSPS) is 10.9. The summed E-state index contributed by atoms with van der Waals surface area (Å²) in [5.74, 6) is -1.04. The second kappa shape index (κ2) is 7.71. The molecule has 8 heteroatoms. The van der Waals surface area contributed by atoms with Gasteiger partial charge in [0.25, 0.3) is 0 Å². The molecule has 0 aliphatic rings. The predicted molar refractivity (Wildman–Crippen MR) is 74.2 cm³/mol. The molecule has 0 fully saturated rings. The number of amides is 1. The molecule has 0 spiro atoms. The zero-order chi connectivity index (χ0) is 15.9. The SMILES string of the molecule is CCCNC(=O)CCNS(=O)(=O)c1ccc(F)c(C#N)c1. The van der Waals surface area contributed by atoms with Crippen molar-refractivity contribution in [3.05, 3.63) is 29.6 Å². The molecule has 0 aromatic heterocycles. The van der Waals surface area contributed by atoms with Crippen molar-refractivity contribution >= 4 is 15.9 Å². The topological polar surface area (TPSA) is 99.1 Å². The van der Waals surface area contributed by atoms with Gasteiger partial charge in [0, 0.05) is 19.5 Å². The highest BCUT2D eigenvalue weighted by Gasteiger charge is 2.16. The van der Waals surface area contributed by atoms with E-state index in [-0.39, 0.29) is 29.3 Å². The van der Waals surface area contributed by atoms with Crippen LogP contribution in [0.15, 0.2) is 23.1 Å². The fourth-order valence-electron chi connectivity index (χ4n) is 1.49. The van der Waals surface area contributed by atoms with Crippen LogP contribution in [-0.4, -0.2) is 27.4 Å². The highest BCUT2D eigenvalue weighted by atomic mass is 32.2. The lowest BCUT2D eigenvalue weighted by atomic mass is 10.2. The van der Waals surface area contributed by atoms with Gasteiger partial charge in [-0.25, -0.2) is 17.5 Å². The molecule has 0 atom stereocenters. The average molecular weight is 313 g/mol. The largest absolute Gasteiger partial charge is 0.356 e.